The van der Waals surface area contributed by atoms with Crippen LogP contribution in [0.3, 0.4) is 0 Å². The van der Waals surface area contributed by atoms with Crippen LogP contribution in [0, 0.1) is 0 Å². The van der Waals surface area contributed by atoms with E-state index in [0.717, 1.165) is 16.8 Å². The van der Waals surface area contributed by atoms with Crippen LogP contribution in [0.4, 0.5) is 0 Å². The highest BCUT2D eigenvalue weighted by atomic mass is 16.2. The van der Waals surface area contributed by atoms with Gasteiger partial charge in [0, 0.05) is 24.4 Å². The van der Waals surface area contributed by atoms with E-state index < -0.39 is 0 Å². The number of carbonyl (C=O) groups is 1. The van der Waals surface area contributed by atoms with Gasteiger partial charge in [0.1, 0.15) is 5.69 Å². The van der Waals surface area contributed by atoms with E-state index in [1.807, 2.05) is 30.3 Å². The van der Waals surface area contributed by atoms with Gasteiger partial charge in [-0.3, -0.25) is 14.6 Å². The van der Waals surface area contributed by atoms with Gasteiger partial charge in [-0.15, -0.1) is 0 Å². The van der Waals surface area contributed by atoms with Crippen molar-refractivity contribution in [3.05, 3.63) is 60.0 Å². The summed E-state index contributed by atoms with van der Waals surface area (Å²) in [5.41, 5.74) is 5.54. The molecule has 110 valence electrons. The molecule has 22 heavy (non-hydrogen) atoms. The maximum Gasteiger partial charge on any atom is 0.289 e. The molecule has 0 bridgehead atoms. The Morgan fingerprint density at radius 2 is 2.14 bits per heavy atom. The first-order valence-electron chi connectivity index (χ1n) is 6.66. The van der Waals surface area contributed by atoms with Gasteiger partial charge in [-0.1, -0.05) is 30.3 Å². The van der Waals surface area contributed by atoms with E-state index in [9.17, 15) is 4.79 Å². The lowest BCUT2D eigenvalue weighted by Gasteiger charge is -2.00. The fraction of sp³-hybridized carbons (Fsp3) is 0.0667. The van der Waals surface area contributed by atoms with Crippen molar-refractivity contribution in [1.29, 1.82) is 0 Å². The van der Waals surface area contributed by atoms with Crippen LogP contribution >= 0.6 is 0 Å². The molecule has 0 spiro atoms. The molecule has 7 nitrogen and oxygen atoms in total. The topological polar surface area (TPSA) is 88.0 Å². The monoisotopic (exact) mass is 294 g/mol. The van der Waals surface area contributed by atoms with E-state index in [1.54, 1.807) is 31.7 Å². The summed E-state index contributed by atoms with van der Waals surface area (Å²) in [4.78, 5) is 11.9. The van der Waals surface area contributed by atoms with Crippen LogP contribution in [0.15, 0.2) is 53.9 Å². The van der Waals surface area contributed by atoms with Crippen LogP contribution in [-0.2, 0) is 7.05 Å². The Kier molecular flexibility index (Phi) is 3.78. The zero-order valence-electron chi connectivity index (χ0n) is 11.9. The normalized spacial score (nSPS) is 11.0. The van der Waals surface area contributed by atoms with Crippen molar-refractivity contribution >= 4 is 12.1 Å². The molecule has 3 aromatic rings. The summed E-state index contributed by atoms with van der Waals surface area (Å²) in [5, 5.41) is 14.9. The summed E-state index contributed by atoms with van der Waals surface area (Å²) in [7, 11) is 1.70. The third-order valence-corrected chi connectivity index (χ3v) is 3.15. The van der Waals surface area contributed by atoms with E-state index in [4.69, 9.17) is 0 Å². The molecule has 0 unspecified atom stereocenters. The first-order chi connectivity index (χ1) is 10.8. The van der Waals surface area contributed by atoms with Crippen LogP contribution < -0.4 is 5.43 Å². The Bertz CT molecular complexity index is 802. The molecule has 0 saturated carbocycles. The van der Waals surface area contributed by atoms with Crippen molar-refractivity contribution in [2.45, 2.75) is 0 Å². The summed E-state index contributed by atoms with van der Waals surface area (Å²) in [6.45, 7) is 0. The highest BCUT2D eigenvalue weighted by Gasteiger charge is 2.09. The molecule has 0 aliphatic heterocycles. The third kappa shape index (κ3) is 2.78. The van der Waals surface area contributed by atoms with Crippen LogP contribution in [0.2, 0.25) is 0 Å². The summed E-state index contributed by atoms with van der Waals surface area (Å²) in [6, 6.07) is 11.4. The van der Waals surface area contributed by atoms with Crippen molar-refractivity contribution < 1.29 is 4.79 Å². The average Bonchev–Trinajstić information content (AvgIpc) is 3.17. The SMILES string of the molecule is Cn1nccc1C(=O)NN=Cc1cn[nH]c1-c1ccccc1. The molecule has 1 amide bonds. The van der Waals surface area contributed by atoms with E-state index in [2.05, 4.69) is 25.8 Å². The molecule has 0 radical (unpaired) electrons. The fourth-order valence-corrected chi connectivity index (χ4v) is 2.04. The van der Waals surface area contributed by atoms with Crippen LogP contribution in [0.25, 0.3) is 11.3 Å². The van der Waals surface area contributed by atoms with Crippen LogP contribution in [-0.4, -0.2) is 32.1 Å². The number of hydrogen-bond donors (Lipinski definition) is 2. The number of amides is 1. The molecule has 2 aromatic heterocycles. The van der Waals surface area contributed by atoms with Gasteiger partial charge in [0.25, 0.3) is 5.91 Å². The second-order valence-electron chi connectivity index (χ2n) is 4.61. The Hall–Kier alpha value is -3.22. The lowest BCUT2D eigenvalue weighted by Crippen LogP contribution is -2.20. The smallest absolute Gasteiger partial charge is 0.277 e. The molecule has 0 saturated heterocycles. The second kappa shape index (κ2) is 6.04. The van der Waals surface area contributed by atoms with Gasteiger partial charge in [-0.25, -0.2) is 5.43 Å². The van der Waals surface area contributed by atoms with Crippen molar-refractivity contribution in [2.75, 3.05) is 0 Å². The van der Waals surface area contributed by atoms with Gasteiger partial charge >= 0.3 is 0 Å². The Morgan fingerprint density at radius 3 is 2.86 bits per heavy atom. The molecule has 0 fully saturated rings. The average molecular weight is 294 g/mol. The van der Waals surface area contributed by atoms with Gasteiger partial charge in [0.15, 0.2) is 0 Å². The number of rotatable bonds is 4. The van der Waals surface area contributed by atoms with Crippen molar-refractivity contribution in [3.63, 3.8) is 0 Å². The van der Waals surface area contributed by atoms with Gasteiger partial charge in [0.05, 0.1) is 18.1 Å². The largest absolute Gasteiger partial charge is 0.289 e. The number of nitrogens with one attached hydrogen (secondary N) is 2. The zero-order valence-corrected chi connectivity index (χ0v) is 11.9. The molecule has 0 aliphatic carbocycles. The molecule has 2 N–H and O–H groups in total. The predicted octanol–water partition coefficient (Wildman–Crippen LogP) is 1.57. The number of carbonyl (C=O) groups excluding carboxylic acids is 1. The number of hydrazone groups is 1. The Labute approximate surface area is 126 Å². The maximum atomic E-state index is 11.9. The van der Waals surface area contributed by atoms with Crippen molar-refractivity contribution in [1.82, 2.24) is 25.4 Å². The van der Waals surface area contributed by atoms with Crippen molar-refractivity contribution in [3.8, 4) is 11.3 Å². The number of benzene rings is 1. The molecular weight excluding hydrogens is 280 g/mol. The fourth-order valence-electron chi connectivity index (χ4n) is 2.04. The second-order valence-corrected chi connectivity index (χ2v) is 4.61. The predicted molar refractivity (Wildman–Crippen MR) is 82.3 cm³/mol. The minimum atomic E-state index is -0.319. The maximum absolute atomic E-state index is 11.9. The number of aromatic amines is 1. The first kappa shape index (κ1) is 13.7. The number of aryl methyl sites for hydroxylation is 1. The quantitative estimate of drug-likeness (QED) is 0.565. The van der Waals surface area contributed by atoms with Crippen LogP contribution in [0.5, 0.6) is 0 Å². The lowest BCUT2D eigenvalue weighted by molar-refractivity contribution is 0.0945. The standard InChI is InChI=1S/C15H14N6O/c1-21-13(7-8-18-21)15(22)20-17-10-12-9-16-19-14(12)11-5-3-2-4-6-11/h2-10H,1H3,(H,16,19)(H,20,22). The molecule has 1 aromatic carbocycles. The molecule has 2 heterocycles. The van der Waals surface area contributed by atoms with E-state index in [1.165, 1.54) is 4.68 Å². The highest BCUT2D eigenvalue weighted by molar-refractivity contribution is 5.94. The minimum Gasteiger partial charge on any atom is -0.277 e. The number of hydrogen-bond acceptors (Lipinski definition) is 4. The molecule has 3 rings (SSSR count). The van der Waals surface area contributed by atoms with Gasteiger partial charge in [0.2, 0.25) is 0 Å². The van der Waals surface area contributed by atoms with Crippen LogP contribution in [0.1, 0.15) is 16.1 Å². The molecule has 7 heteroatoms. The number of nitrogens with zero attached hydrogens (tertiary/aromatic N) is 4. The summed E-state index contributed by atoms with van der Waals surface area (Å²) >= 11 is 0. The lowest BCUT2D eigenvalue weighted by atomic mass is 10.1. The van der Waals surface area contributed by atoms with E-state index in [0.29, 0.717) is 5.69 Å². The number of aromatic nitrogens is 4. The van der Waals surface area contributed by atoms with E-state index in [-0.39, 0.29) is 5.91 Å². The van der Waals surface area contributed by atoms with Gasteiger partial charge in [-0.2, -0.15) is 15.3 Å². The summed E-state index contributed by atoms with van der Waals surface area (Å²) in [5.74, 6) is -0.319. The van der Waals surface area contributed by atoms with Gasteiger partial charge in [-0.05, 0) is 6.07 Å². The first-order valence-corrected chi connectivity index (χ1v) is 6.66. The third-order valence-electron chi connectivity index (χ3n) is 3.15. The molecular formula is C15H14N6O. The number of H-pyrrole nitrogens is 1. The highest BCUT2D eigenvalue weighted by Crippen LogP contribution is 2.18. The summed E-state index contributed by atoms with van der Waals surface area (Å²) < 4.78 is 1.48. The Morgan fingerprint density at radius 1 is 1.32 bits per heavy atom. The van der Waals surface area contributed by atoms with Gasteiger partial charge < -0.3 is 0 Å². The summed E-state index contributed by atoms with van der Waals surface area (Å²) in [6.07, 6.45) is 4.77. The minimum absolute atomic E-state index is 0.319. The molecule has 0 atom stereocenters. The Balaban J connectivity index is 1.73. The van der Waals surface area contributed by atoms with E-state index >= 15 is 0 Å². The zero-order chi connectivity index (χ0) is 15.4. The van der Waals surface area contributed by atoms with Crippen molar-refractivity contribution in [2.24, 2.45) is 12.1 Å². The molecule has 0 aliphatic rings.